The van der Waals surface area contributed by atoms with Gasteiger partial charge in [0.1, 0.15) is 0 Å². The normalized spacial score (nSPS) is 11.7. The maximum absolute atomic E-state index is 12.9. The molecule has 0 unspecified atom stereocenters. The fourth-order valence-electron chi connectivity index (χ4n) is 2.80. The molecular weight excluding hydrogens is 373 g/mol. The number of amides is 1. The van der Waals surface area contributed by atoms with E-state index >= 15 is 0 Å². The first-order valence-corrected chi connectivity index (χ1v) is 8.18. The Kier molecular flexibility index (Phi) is 4.10. The Morgan fingerprint density at radius 2 is 1.93 bits per heavy atom. The Bertz CT molecular complexity index is 1180. The molecule has 4 aromatic rings. The topological polar surface area (TPSA) is 77.1 Å². The second kappa shape index (κ2) is 6.48. The predicted octanol–water partition coefficient (Wildman–Crippen LogP) is 3.49. The lowest BCUT2D eigenvalue weighted by molar-refractivity contribution is -0.137. The summed E-state index contributed by atoms with van der Waals surface area (Å²) in [5.41, 5.74) is 0.588. The zero-order valence-corrected chi connectivity index (χ0v) is 14.5. The largest absolute Gasteiger partial charge is 0.416 e. The van der Waals surface area contributed by atoms with Gasteiger partial charge >= 0.3 is 6.18 Å². The number of hydrogen-bond acceptors (Lipinski definition) is 4. The van der Waals surface area contributed by atoms with Crippen molar-refractivity contribution in [2.45, 2.75) is 13.1 Å². The van der Waals surface area contributed by atoms with Gasteiger partial charge in [-0.25, -0.2) is 4.68 Å². The van der Waals surface area contributed by atoms with Gasteiger partial charge < -0.3 is 0 Å². The van der Waals surface area contributed by atoms with Gasteiger partial charge in [0, 0.05) is 6.20 Å². The summed E-state index contributed by atoms with van der Waals surface area (Å²) in [4.78, 5) is 12.6. The molecule has 28 heavy (non-hydrogen) atoms. The first-order chi connectivity index (χ1) is 13.3. The third-order valence-corrected chi connectivity index (χ3v) is 4.21. The molecule has 0 saturated heterocycles. The molecule has 0 aliphatic carbocycles. The first-order valence-electron chi connectivity index (χ1n) is 8.18. The van der Waals surface area contributed by atoms with E-state index in [1.165, 1.54) is 23.0 Å². The van der Waals surface area contributed by atoms with Gasteiger partial charge in [-0.1, -0.05) is 12.1 Å². The Hall–Kier alpha value is -3.69. The minimum absolute atomic E-state index is 0.208. The zero-order valence-electron chi connectivity index (χ0n) is 14.5. The van der Waals surface area contributed by atoms with Gasteiger partial charge in [0.05, 0.1) is 28.7 Å². The van der Waals surface area contributed by atoms with Crippen molar-refractivity contribution in [3.63, 3.8) is 0 Å². The highest BCUT2D eigenvalue weighted by molar-refractivity contribution is 6.04. The number of rotatable bonds is 3. The van der Waals surface area contributed by atoms with E-state index in [1.807, 2.05) is 0 Å². The van der Waals surface area contributed by atoms with E-state index in [-0.39, 0.29) is 17.2 Å². The first kappa shape index (κ1) is 17.7. The van der Waals surface area contributed by atoms with E-state index in [1.54, 1.807) is 35.7 Å². The van der Waals surface area contributed by atoms with Crippen LogP contribution in [-0.4, -0.2) is 30.3 Å². The molecule has 1 N–H and O–H groups in total. The molecule has 3 heterocycles. The molecule has 142 valence electrons. The summed E-state index contributed by atoms with van der Waals surface area (Å²) in [6.07, 6.45) is -1.47. The zero-order chi connectivity index (χ0) is 19.9. The lowest BCUT2D eigenvalue weighted by atomic mass is 10.2. The fourth-order valence-corrected chi connectivity index (χ4v) is 2.80. The van der Waals surface area contributed by atoms with Crippen molar-refractivity contribution < 1.29 is 18.0 Å². The molecule has 1 aromatic carbocycles. The number of nitrogens with zero attached hydrogens (tertiary/aromatic N) is 5. The maximum Gasteiger partial charge on any atom is 0.416 e. The van der Waals surface area contributed by atoms with Crippen molar-refractivity contribution in [3.05, 3.63) is 71.7 Å². The number of pyridine rings is 1. The van der Waals surface area contributed by atoms with Gasteiger partial charge in [-0.05, 0) is 37.3 Å². The van der Waals surface area contributed by atoms with Crippen LogP contribution < -0.4 is 5.32 Å². The quantitative estimate of drug-likeness (QED) is 0.585. The van der Waals surface area contributed by atoms with Crippen LogP contribution in [0.15, 0.2) is 54.9 Å². The molecule has 0 aliphatic heterocycles. The SMILES string of the molecule is Cc1c(C(=O)Nc2nnc3ccccn23)cnn1-c1cccc(C(F)(F)F)c1. The second-order valence-corrected chi connectivity index (χ2v) is 6.01. The van der Waals surface area contributed by atoms with Crippen LogP contribution in [-0.2, 0) is 6.18 Å². The number of carbonyl (C=O) groups is 1. The van der Waals surface area contributed by atoms with E-state index in [0.717, 1.165) is 12.1 Å². The highest BCUT2D eigenvalue weighted by Gasteiger charge is 2.30. The Morgan fingerprint density at radius 3 is 2.71 bits per heavy atom. The van der Waals surface area contributed by atoms with Crippen LogP contribution in [0.5, 0.6) is 0 Å². The minimum Gasteiger partial charge on any atom is -0.290 e. The lowest BCUT2D eigenvalue weighted by Gasteiger charge is -2.10. The number of benzene rings is 1. The molecule has 0 atom stereocenters. The van der Waals surface area contributed by atoms with Gasteiger partial charge in [0.15, 0.2) is 5.65 Å². The molecule has 4 rings (SSSR count). The highest BCUT2D eigenvalue weighted by atomic mass is 19.4. The predicted molar refractivity (Wildman–Crippen MR) is 94.2 cm³/mol. The molecule has 0 fully saturated rings. The van der Waals surface area contributed by atoms with Crippen LogP contribution in [0.4, 0.5) is 19.1 Å². The average Bonchev–Trinajstić information content (AvgIpc) is 3.25. The Balaban J connectivity index is 1.64. The van der Waals surface area contributed by atoms with E-state index in [9.17, 15) is 18.0 Å². The number of hydrogen-bond donors (Lipinski definition) is 1. The van der Waals surface area contributed by atoms with E-state index < -0.39 is 17.6 Å². The van der Waals surface area contributed by atoms with Crippen LogP contribution in [0.1, 0.15) is 21.6 Å². The number of nitrogens with one attached hydrogen (secondary N) is 1. The summed E-state index contributed by atoms with van der Waals surface area (Å²) in [6.45, 7) is 1.60. The minimum atomic E-state index is -4.47. The Morgan fingerprint density at radius 1 is 1.11 bits per heavy atom. The second-order valence-electron chi connectivity index (χ2n) is 6.01. The van der Waals surface area contributed by atoms with Gasteiger partial charge in [-0.3, -0.25) is 14.5 Å². The van der Waals surface area contributed by atoms with Crippen molar-refractivity contribution >= 4 is 17.5 Å². The fraction of sp³-hybridized carbons (Fsp3) is 0.111. The van der Waals surface area contributed by atoms with Crippen molar-refractivity contribution in [1.29, 1.82) is 0 Å². The molecule has 0 aliphatic rings. The maximum atomic E-state index is 12.9. The lowest BCUT2D eigenvalue weighted by Crippen LogP contribution is -2.15. The number of halogens is 3. The van der Waals surface area contributed by atoms with Crippen LogP contribution in [0.3, 0.4) is 0 Å². The van der Waals surface area contributed by atoms with Crippen molar-refractivity contribution in [3.8, 4) is 5.69 Å². The van der Waals surface area contributed by atoms with Gasteiger partial charge in [0.2, 0.25) is 5.95 Å². The molecule has 0 saturated carbocycles. The summed E-state index contributed by atoms with van der Waals surface area (Å²) in [7, 11) is 0. The number of aromatic nitrogens is 5. The summed E-state index contributed by atoms with van der Waals surface area (Å²) in [6, 6.07) is 10.0. The molecule has 0 radical (unpaired) electrons. The number of fused-ring (bicyclic) bond motifs is 1. The highest BCUT2D eigenvalue weighted by Crippen LogP contribution is 2.30. The van der Waals surface area contributed by atoms with Gasteiger partial charge in [-0.2, -0.15) is 18.3 Å². The van der Waals surface area contributed by atoms with Crippen molar-refractivity contribution in [1.82, 2.24) is 24.4 Å². The molecule has 3 aromatic heterocycles. The summed E-state index contributed by atoms with van der Waals surface area (Å²) in [5, 5.41) is 14.6. The van der Waals surface area contributed by atoms with Crippen LogP contribution in [0.25, 0.3) is 11.3 Å². The molecule has 0 bridgehead atoms. The van der Waals surface area contributed by atoms with E-state index in [0.29, 0.717) is 11.3 Å². The number of alkyl halides is 3. The van der Waals surface area contributed by atoms with Crippen LogP contribution >= 0.6 is 0 Å². The van der Waals surface area contributed by atoms with Gasteiger partial charge in [-0.15, -0.1) is 10.2 Å². The molecule has 7 nitrogen and oxygen atoms in total. The summed E-state index contributed by atoms with van der Waals surface area (Å²) in [5.74, 6) is -0.263. The van der Waals surface area contributed by atoms with Crippen molar-refractivity contribution in [2.24, 2.45) is 0 Å². The third-order valence-electron chi connectivity index (χ3n) is 4.21. The van der Waals surface area contributed by atoms with E-state index in [2.05, 4.69) is 20.6 Å². The summed E-state index contributed by atoms with van der Waals surface area (Å²) < 4.78 is 41.7. The molecular formula is C18H13F3N6O. The number of carbonyl (C=O) groups excluding carboxylic acids is 1. The monoisotopic (exact) mass is 386 g/mol. The van der Waals surface area contributed by atoms with Crippen LogP contribution in [0, 0.1) is 6.92 Å². The standard InChI is InChI=1S/C18H13F3N6O/c1-11-14(16(28)23-17-25-24-15-7-2-3-8-26(15)17)10-22-27(11)13-6-4-5-12(9-13)18(19,20)21/h2-10H,1H3,(H,23,25,28). The molecule has 0 spiro atoms. The third kappa shape index (κ3) is 3.08. The number of anilines is 1. The molecule has 10 heteroatoms. The molecule has 1 amide bonds. The van der Waals surface area contributed by atoms with Crippen molar-refractivity contribution in [2.75, 3.05) is 5.32 Å². The average molecular weight is 386 g/mol. The Labute approximate surface area is 156 Å². The van der Waals surface area contributed by atoms with Crippen LogP contribution in [0.2, 0.25) is 0 Å². The van der Waals surface area contributed by atoms with Gasteiger partial charge in [0.25, 0.3) is 5.91 Å². The van der Waals surface area contributed by atoms with E-state index in [4.69, 9.17) is 0 Å². The smallest absolute Gasteiger partial charge is 0.290 e. The summed E-state index contributed by atoms with van der Waals surface area (Å²) >= 11 is 0.